The largest absolute Gasteiger partial charge is 0.364 e. The lowest BCUT2D eigenvalue weighted by Gasteiger charge is -2.11. The maximum Gasteiger partial charge on any atom is 0.209 e. The number of nitrogens with one attached hydrogen (secondary N) is 2. The number of anilines is 3. The van der Waals surface area contributed by atoms with Crippen LogP contribution in [0.5, 0.6) is 0 Å². The normalized spacial score (nSPS) is 11.2. The minimum atomic E-state index is 0.661. The summed E-state index contributed by atoms with van der Waals surface area (Å²) < 4.78 is 4.22. The molecule has 0 radical (unpaired) electrons. The second kappa shape index (κ2) is 9.87. The zero-order valence-electron chi connectivity index (χ0n) is 19.7. The highest BCUT2D eigenvalue weighted by atomic mass is 15.3. The number of hydrogen-bond donors (Lipinski definition) is 2. The lowest BCUT2D eigenvalue weighted by Crippen LogP contribution is -2.07. The van der Waals surface area contributed by atoms with Crippen LogP contribution in [-0.2, 0) is 19.6 Å². The van der Waals surface area contributed by atoms with E-state index in [1.807, 2.05) is 30.7 Å². The van der Waals surface area contributed by atoms with Gasteiger partial charge in [-0.25, -0.2) is 19.9 Å². The Morgan fingerprint density at radius 3 is 2.56 bits per heavy atom. The van der Waals surface area contributed by atoms with Crippen molar-refractivity contribution in [3.05, 3.63) is 103 Å². The van der Waals surface area contributed by atoms with Crippen LogP contribution in [0, 0.1) is 0 Å². The summed E-state index contributed by atoms with van der Waals surface area (Å²) in [5, 5.41) is 9.36. The van der Waals surface area contributed by atoms with Gasteiger partial charge >= 0.3 is 0 Å². The third-order valence-electron chi connectivity index (χ3n) is 6.20. The van der Waals surface area contributed by atoms with Gasteiger partial charge in [0.25, 0.3) is 0 Å². The molecular formula is C28H26N8. The van der Waals surface area contributed by atoms with Crippen LogP contribution in [0.25, 0.3) is 21.9 Å². The molecule has 178 valence electrons. The molecule has 0 saturated carbocycles. The standard InChI is InChI=1S/C28H26N8/c1-2-7-21(8-3-1)18-30-26-25-27(32-19-31-26)36(15-6-14-35-16-13-29-20-35)28(34-25)33-24-12-11-22-9-4-5-10-23(22)17-24/h1-5,7-13,16-17,19-20H,6,14-15,18H2,(H,33,34)(H,30,31,32). The van der Waals surface area contributed by atoms with Gasteiger partial charge in [0.2, 0.25) is 5.95 Å². The van der Waals surface area contributed by atoms with Crippen molar-refractivity contribution >= 4 is 39.4 Å². The number of benzene rings is 3. The Kier molecular flexibility index (Phi) is 5.98. The average Bonchev–Trinajstić information content (AvgIpc) is 3.56. The fraction of sp³-hybridized carbons (Fsp3) is 0.143. The van der Waals surface area contributed by atoms with E-state index in [0.717, 1.165) is 48.1 Å². The number of aromatic nitrogens is 6. The van der Waals surface area contributed by atoms with E-state index in [9.17, 15) is 0 Å². The summed E-state index contributed by atoms with van der Waals surface area (Å²) in [5.74, 6) is 1.47. The zero-order valence-corrected chi connectivity index (χ0v) is 19.7. The molecule has 0 bridgehead atoms. The Bertz CT molecular complexity index is 1590. The molecule has 0 aliphatic carbocycles. The fourth-order valence-corrected chi connectivity index (χ4v) is 4.38. The van der Waals surface area contributed by atoms with Crippen molar-refractivity contribution < 1.29 is 0 Å². The van der Waals surface area contributed by atoms with Gasteiger partial charge in [-0.1, -0.05) is 60.7 Å². The first-order valence-electron chi connectivity index (χ1n) is 12.0. The Hall–Kier alpha value is -4.72. The van der Waals surface area contributed by atoms with Gasteiger partial charge in [-0.15, -0.1) is 0 Å². The quantitative estimate of drug-likeness (QED) is 0.283. The SMILES string of the molecule is c1ccc(CNc2ncnc3c2nc(Nc2ccc4ccccc4c2)n3CCCn2ccnc2)cc1. The number of fused-ring (bicyclic) bond motifs is 2. The van der Waals surface area contributed by atoms with Crippen LogP contribution in [0.2, 0.25) is 0 Å². The Morgan fingerprint density at radius 1 is 0.833 bits per heavy atom. The minimum Gasteiger partial charge on any atom is -0.364 e. The molecule has 0 saturated heterocycles. The summed E-state index contributed by atoms with van der Waals surface area (Å²) in [6, 6.07) is 25.0. The van der Waals surface area contributed by atoms with Crippen molar-refractivity contribution in [3.8, 4) is 0 Å². The van der Waals surface area contributed by atoms with Gasteiger partial charge in [0.15, 0.2) is 17.0 Å². The van der Waals surface area contributed by atoms with E-state index < -0.39 is 0 Å². The third kappa shape index (κ3) is 4.61. The molecule has 8 heteroatoms. The first-order chi connectivity index (χ1) is 17.8. The Morgan fingerprint density at radius 2 is 1.69 bits per heavy atom. The molecule has 0 spiro atoms. The van der Waals surface area contributed by atoms with E-state index in [1.54, 1.807) is 12.5 Å². The maximum absolute atomic E-state index is 4.96. The van der Waals surface area contributed by atoms with Crippen LogP contribution < -0.4 is 10.6 Å². The van der Waals surface area contributed by atoms with Gasteiger partial charge in [-0.3, -0.25) is 4.57 Å². The van der Waals surface area contributed by atoms with Crippen LogP contribution >= 0.6 is 0 Å². The fourth-order valence-electron chi connectivity index (χ4n) is 4.38. The molecule has 0 aliphatic heterocycles. The van der Waals surface area contributed by atoms with Crippen LogP contribution in [0.4, 0.5) is 17.5 Å². The minimum absolute atomic E-state index is 0.661. The van der Waals surface area contributed by atoms with Crippen molar-refractivity contribution in [1.82, 2.24) is 29.1 Å². The number of hydrogen-bond acceptors (Lipinski definition) is 6. The summed E-state index contributed by atoms with van der Waals surface area (Å²) in [4.78, 5) is 18.2. The van der Waals surface area contributed by atoms with Gasteiger partial charge in [-0.2, -0.15) is 0 Å². The molecule has 6 rings (SSSR count). The van der Waals surface area contributed by atoms with Crippen molar-refractivity contribution in [1.29, 1.82) is 0 Å². The third-order valence-corrected chi connectivity index (χ3v) is 6.20. The molecule has 0 atom stereocenters. The molecule has 6 aromatic rings. The average molecular weight is 475 g/mol. The molecule has 0 amide bonds. The smallest absolute Gasteiger partial charge is 0.209 e. The molecule has 3 aromatic heterocycles. The molecule has 36 heavy (non-hydrogen) atoms. The van der Waals surface area contributed by atoms with E-state index in [2.05, 4.69) is 89.3 Å². The molecule has 2 N–H and O–H groups in total. The van der Waals surface area contributed by atoms with Crippen molar-refractivity contribution in [2.75, 3.05) is 10.6 Å². The van der Waals surface area contributed by atoms with E-state index in [0.29, 0.717) is 6.54 Å². The number of imidazole rings is 2. The predicted molar refractivity (Wildman–Crippen MR) is 143 cm³/mol. The van der Waals surface area contributed by atoms with E-state index in [4.69, 9.17) is 4.98 Å². The Balaban J connectivity index is 1.33. The summed E-state index contributed by atoms with van der Waals surface area (Å²) in [6.45, 7) is 2.27. The second-order valence-corrected chi connectivity index (χ2v) is 8.66. The van der Waals surface area contributed by atoms with Crippen molar-refractivity contribution in [2.24, 2.45) is 0 Å². The summed E-state index contributed by atoms with van der Waals surface area (Å²) in [6.07, 6.45) is 8.13. The van der Waals surface area contributed by atoms with Crippen LogP contribution in [-0.4, -0.2) is 29.1 Å². The van der Waals surface area contributed by atoms with E-state index >= 15 is 0 Å². The van der Waals surface area contributed by atoms with Gasteiger partial charge < -0.3 is 15.2 Å². The van der Waals surface area contributed by atoms with E-state index in [-0.39, 0.29) is 0 Å². The lowest BCUT2D eigenvalue weighted by atomic mass is 10.1. The highest BCUT2D eigenvalue weighted by Crippen LogP contribution is 2.27. The predicted octanol–water partition coefficient (Wildman–Crippen LogP) is 5.62. The highest BCUT2D eigenvalue weighted by molar-refractivity contribution is 5.88. The molecule has 3 heterocycles. The zero-order chi connectivity index (χ0) is 24.2. The molecule has 0 unspecified atom stereocenters. The number of nitrogens with zero attached hydrogens (tertiary/aromatic N) is 6. The number of aryl methyl sites for hydroxylation is 2. The van der Waals surface area contributed by atoms with Gasteiger partial charge in [-0.05, 0) is 34.9 Å². The van der Waals surface area contributed by atoms with Crippen LogP contribution in [0.1, 0.15) is 12.0 Å². The van der Waals surface area contributed by atoms with Gasteiger partial charge in [0.05, 0.1) is 6.33 Å². The Labute approximate surface area is 208 Å². The lowest BCUT2D eigenvalue weighted by molar-refractivity contribution is 0.573. The molecular weight excluding hydrogens is 448 g/mol. The molecule has 8 nitrogen and oxygen atoms in total. The van der Waals surface area contributed by atoms with Crippen LogP contribution in [0.3, 0.4) is 0 Å². The summed E-state index contributed by atoms with van der Waals surface area (Å²) in [7, 11) is 0. The topological polar surface area (TPSA) is 85.5 Å². The van der Waals surface area contributed by atoms with Crippen molar-refractivity contribution in [2.45, 2.75) is 26.1 Å². The van der Waals surface area contributed by atoms with Gasteiger partial charge in [0.1, 0.15) is 6.33 Å². The first kappa shape index (κ1) is 21.8. The monoisotopic (exact) mass is 474 g/mol. The van der Waals surface area contributed by atoms with Gasteiger partial charge in [0, 0.05) is 37.7 Å². The molecule has 3 aromatic carbocycles. The van der Waals surface area contributed by atoms with Crippen LogP contribution in [0.15, 0.2) is 97.8 Å². The molecule has 0 fully saturated rings. The maximum atomic E-state index is 4.96. The first-order valence-corrected chi connectivity index (χ1v) is 12.0. The van der Waals surface area contributed by atoms with E-state index in [1.165, 1.54) is 16.3 Å². The molecule has 0 aliphatic rings. The second-order valence-electron chi connectivity index (χ2n) is 8.66. The highest BCUT2D eigenvalue weighted by Gasteiger charge is 2.16. The summed E-state index contributed by atoms with van der Waals surface area (Å²) >= 11 is 0. The summed E-state index contributed by atoms with van der Waals surface area (Å²) in [5.41, 5.74) is 3.71. The van der Waals surface area contributed by atoms with Crippen molar-refractivity contribution in [3.63, 3.8) is 0 Å². The number of rotatable bonds is 9.